The minimum atomic E-state index is 0.0584. The van der Waals surface area contributed by atoms with Crippen LogP contribution in [0.4, 0.5) is 5.69 Å². The zero-order chi connectivity index (χ0) is 14.8. The fourth-order valence-electron chi connectivity index (χ4n) is 2.61. The number of aryl methyl sites for hydroxylation is 1. The Bertz CT molecular complexity index is 651. The summed E-state index contributed by atoms with van der Waals surface area (Å²) >= 11 is 0. The Labute approximate surface area is 125 Å². The highest BCUT2D eigenvalue weighted by Gasteiger charge is 2.24. The molecule has 1 aromatic heterocycles. The van der Waals surface area contributed by atoms with Gasteiger partial charge in [-0.3, -0.25) is 9.78 Å². The van der Waals surface area contributed by atoms with Gasteiger partial charge in [-0.2, -0.15) is 0 Å². The number of anilines is 1. The number of fused-ring (bicyclic) bond motifs is 1. The zero-order valence-corrected chi connectivity index (χ0v) is 12.4. The van der Waals surface area contributed by atoms with Gasteiger partial charge in [-0.05, 0) is 18.6 Å². The second-order valence-corrected chi connectivity index (χ2v) is 5.53. The Hall–Kier alpha value is -2.36. The van der Waals surface area contributed by atoms with Crippen molar-refractivity contribution in [2.24, 2.45) is 0 Å². The van der Waals surface area contributed by atoms with Gasteiger partial charge in [-0.25, -0.2) is 0 Å². The van der Waals surface area contributed by atoms with E-state index in [0.717, 1.165) is 24.3 Å². The molecule has 108 valence electrons. The molecule has 0 unspecified atom stereocenters. The number of hydrogen-bond donors (Lipinski definition) is 0. The Morgan fingerprint density at radius 2 is 1.90 bits per heavy atom. The van der Waals surface area contributed by atoms with Crippen molar-refractivity contribution in [1.82, 2.24) is 9.88 Å². The minimum absolute atomic E-state index is 0.0584. The van der Waals surface area contributed by atoms with Crippen LogP contribution in [0.5, 0.6) is 0 Å². The van der Waals surface area contributed by atoms with Gasteiger partial charge in [0.15, 0.2) is 0 Å². The molecule has 21 heavy (non-hydrogen) atoms. The van der Waals surface area contributed by atoms with Gasteiger partial charge in [-0.1, -0.05) is 29.8 Å². The predicted molar refractivity (Wildman–Crippen MR) is 83.4 cm³/mol. The van der Waals surface area contributed by atoms with Gasteiger partial charge in [0, 0.05) is 39.1 Å². The van der Waals surface area contributed by atoms with Gasteiger partial charge >= 0.3 is 0 Å². The van der Waals surface area contributed by atoms with E-state index in [-0.39, 0.29) is 5.91 Å². The normalized spacial score (nSPS) is 14.9. The molecular formula is C17H19N3O. The van der Waals surface area contributed by atoms with Gasteiger partial charge in [0.25, 0.3) is 5.91 Å². The number of amides is 1. The molecule has 0 radical (unpaired) electrons. The highest BCUT2D eigenvalue weighted by molar-refractivity contribution is 6.00. The molecular weight excluding hydrogens is 262 g/mol. The molecule has 1 aliphatic heterocycles. The van der Waals surface area contributed by atoms with Crippen LogP contribution in [0.1, 0.15) is 21.5 Å². The number of benzene rings is 1. The van der Waals surface area contributed by atoms with E-state index in [1.807, 2.05) is 18.0 Å². The fraction of sp³-hybridized carbons (Fsp3) is 0.294. The number of rotatable bonds is 2. The largest absolute Gasteiger partial charge is 0.372 e. The number of aromatic nitrogens is 1. The standard InChI is InChI=1S/C17H19N3O/c1-13-3-5-14(6-4-13)12-20-10-9-19(2)16-7-8-18-11-15(16)17(20)21/h3-8,11H,9-10,12H2,1-2H3. The van der Waals surface area contributed by atoms with Crippen LogP contribution >= 0.6 is 0 Å². The van der Waals surface area contributed by atoms with Gasteiger partial charge in [0.05, 0.1) is 11.3 Å². The zero-order valence-electron chi connectivity index (χ0n) is 12.4. The molecule has 2 aromatic rings. The van der Waals surface area contributed by atoms with Crippen molar-refractivity contribution in [2.75, 3.05) is 25.0 Å². The van der Waals surface area contributed by atoms with Crippen molar-refractivity contribution in [3.63, 3.8) is 0 Å². The Balaban J connectivity index is 1.87. The lowest BCUT2D eigenvalue weighted by molar-refractivity contribution is 0.0754. The molecule has 0 spiro atoms. The predicted octanol–water partition coefficient (Wildman–Crippen LogP) is 2.48. The Kier molecular flexibility index (Phi) is 3.60. The van der Waals surface area contributed by atoms with E-state index in [1.165, 1.54) is 5.56 Å². The van der Waals surface area contributed by atoms with Crippen molar-refractivity contribution in [3.8, 4) is 0 Å². The van der Waals surface area contributed by atoms with Crippen molar-refractivity contribution < 1.29 is 4.79 Å². The summed E-state index contributed by atoms with van der Waals surface area (Å²) in [5.74, 6) is 0.0584. The van der Waals surface area contributed by atoms with Crippen LogP contribution in [0.2, 0.25) is 0 Å². The SMILES string of the molecule is Cc1ccc(CN2CCN(C)c3ccncc3C2=O)cc1. The molecule has 4 heteroatoms. The maximum absolute atomic E-state index is 12.7. The van der Waals surface area contributed by atoms with Gasteiger partial charge in [-0.15, -0.1) is 0 Å². The molecule has 1 aromatic carbocycles. The molecule has 1 aliphatic rings. The number of hydrogen-bond acceptors (Lipinski definition) is 3. The molecule has 0 aliphatic carbocycles. The van der Waals surface area contributed by atoms with Gasteiger partial charge in [0.1, 0.15) is 0 Å². The van der Waals surface area contributed by atoms with Crippen LogP contribution in [0.25, 0.3) is 0 Å². The first-order valence-corrected chi connectivity index (χ1v) is 7.15. The summed E-state index contributed by atoms with van der Waals surface area (Å²) in [6.07, 6.45) is 3.40. The van der Waals surface area contributed by atoms with Crippen molar-refractivity contribution in [3.05, 3.63) is 59.4 Å². The van der Waals surface area contributed by atoms with E-state index in [4.69, 9.17) is 0 Å². The maximum Gasteiger partial charge on any atom is 0.257 e. The first-order valence-electron chi connectivity index (χ1n) is 7.15. The smallest absolute Gasteiger partial charge is 0.257 e. The first-order chi connectivity index (χ1) is 10.1. The highest BCUT2D eigenvalue weighted by atomic mass is 16.2. The molecule has 0 N–H and O–H groups in total. The molecule has 0 fully saturated rings. The number of nitrogens with zero attached hydrogens (tertiary/aromatic N) is 3. The second-order valence-electron chi connectivity index (χ2n) is 5.53. The van der Waals surface area contributed by atoms with E-state index in [0.29, 0.717) is 12.1 Å². The average molecular weight is 281 g/mol. The summed E-state index contributed by atoms with van der Waals surface area (Å²) in [5, 5.41) is 0. The molecule has 0 saturated heterocycles. The molecule has 0 saturated carbocycles. The first kappa shape index (κ1) is 13.6. The lowest BCUT2D eigenvalue weighted by Gasteiger charge is -2.21. The van der Waals surface area contributed by atoms with Crippen LogP contribution < -0.4 is 4.90 Å². The van der Waals surface area contributed by atoms with Crippen LogP contribution in [-0.2, 0) is 6.54 Å². The molecule has 4 nitrogen and oxygen atoms in total. The summed E-state index contributed by atoms with van der Waals surface area (Å²) in [5.41, 5.74) is 4.03. The minimum Gasteiger partial charge on any atom is -0.372 e. The lowest BCUT2D eigenvalue weighted by atomic mass is 10.1. The number of pyridine rings is 1. The summed E-state index contributed by atoms with van der Waals surface area (Å²) in [4.78, 5) is 20.8. The third kappa shape index (κ3) is 2.75. The van der Waals surface area contributed by atoms with Crippen molar-refractivity contribution in [1.29, 1.82) is 0 Å². The number of carbonyl (C=O) groups is 1. The molecule has 1 amide bonds. The summed E-state index contributed by atoms with van der Waals surface area (Å²) in [7, 11) is 2.02. The van der Waals surface area contributed by atoms with Gasteiger partial charge in [0.2, 0.25) is 0 Å². The van der Waals surface area contributed by atoms with Crippen LogP contribution in [-0.4, -0.2) is 35.9 Å². The summed E-state index contributed by atoms with van der Waals surface area (Å²) < 4.78 is 0. The molecule has 3 rings (SSSR count). The van der Waals surface area contributed by atoms with Crippen LogP contribution in [0, 0.1) is 6.92 Å². The van der Waals surface area contributed by atoms with E-state index in [2.05, 4.69) is 41.1 Å². The fourth-order valence-corrected chi connectivity index (χ4v) is 2.61. The monoisotopic (exact) mass is 281 g/mol. The Morgan fingerprint density at radius 1 is 1.14 bits per heavy atom. The van der Waals surface area contributed by atoms with Crippen molar-refractivity contribution >= 4 is 11.6 Å². The lowest BCUT2D eigenvalue weighted by Crippen LogP contribution is -2.33. The Morgan fingerprint density at radius 3 is 2.67 bits per heavy atom. The third-order valence-electron chi connectivity index (χ3n) is 3.93. The van der Waals surface area contributed by atoms with Crippen LogP contribution in [0.15, 0.2) is 42.7 Å². The van der Waals surface area contributed by atoms with E-state index >= 15 is 0 Å². The molecule has 0 atom stereocenters. The molecule has 0 bridgehead atoms. The summed E-state index contributed by atoms with van der Waals surface area (Å²) in [6, 6.07) is 10.2. The number of carbonyl (C=O) groups excluding carboxylic acids is 1. The van der Waals surface area contributed by atoms with Crippen molar-refractivity contribution in [2.45, 2.75) is 13.5 Å². The highest BCUT2D eigenvalue weighted by Crippen LogP contribution is 2.23. The van der Waals surface area contributed by atoms with E-state index < -0.39 is 0 Å². The second kappa shape index (κ2) is 5.56. The molecule has 2 heterocycles. The third-order valence-corrected chi connectivity index (χ3v) is 3.93. The number of likely N-dealkylation sites (N-methyl/N-ethyl adjacent to an activating group) is 1. The summed E-state index contributed by atoms with van der Waals surface area (Å²) in [6.45, 7) is 4.26. The maximum atomic E-state index is 12.7. The van der Waals surface area contributed by atoms with Crippen LogP contribution in [0.3, 0.4) is 0 Å². The average Bonchev–Trinajstić information content (AvgIpc) is 2.62. The quantitative estimate of drug-likeness (QED) is 0.848. The topological polar surface area (TPSA) is 36.4 Å². The van der Waals surface area contributed by atoms with E-state index in [1.54, 1.807) is 12.4 Å². The van der Waals surface area contributed by atoms with E-state index in [9.17, 15) is 4.79 Å². The van der Waals surface area contributed by atoms with Gasteiger partial charge < -0.3 is 9.80 Å².